The van der Waals surface area contributed by atoms with Crippen molar-refractivity contribution in [2.75, 3.05) is 36.8 Å². The van der Waals surface area contributed by atoms with Crippen molar-refractivity contribution < 1.29 is 46.7 Å². The molecule has 1 aromatic carbocycles. The number of aliphatic hydroxyl groups is 1. The third-order valence-corrected chi connectivity index (χ3v) is 9.54. The molecule has 1 aromatic rings. The maximum atomic E-state index is 13.3. The Morgan fingerprint density at radius 2 is 1.54 bits per heavy atom. The Morgan fingerprint density at radius 1 is 0.938 bits per heavy atom. The number of imide groups is 1. The molecular formula is C35H46N3O9S+. The number of ketones is 1. The number of rotatable bonds is 18. The van der Waals surface area contributed by atoms with Crippen LogP contribution in [0.4, 0.5) is 5.69 Å². The smallest absolute Gasteiger partial charge is 0.333 e. The van der Waals surface area contributed by atoms with Crippen LogP contribution in [0.2, 0.25) is 0 Å². The van der Waals surface area contributed by atoms with Crippen molar-refractivity contribution >= 4 is 50.7 Å². The zero-order valence-corrected chi connectivity index (χ0v) is 28.5. The van der Waals surface area contributed by atoms with E-state index in [0.717, 1.165) is 50.2 Å². The Bertz CT molecular complexity index is 1580. The first-order chi connectivity index (χ1) is 22.9. The van der Waals surface area contributed by atoms with E-state index in [2.05, 4.69) is 23.3 Å². The average molecular weight is 685 g/mol. The number of hydrogen-bond donors (Lipinski definition) is 2. The number of carbonyl (C=O) groups is 4. The van der Waals surface area contributed by atoms with Gasteiger partial charge in [-0.15, -0.1) is 5.06 Å². The Labute approximate surface area is 282 Å². The molecule has 1 aliphatic heterocycles. The van der Waals surface area contributed by atoms with Crippen molar-refractivity contribution in [1.82, 2.24) is 5.06 Å². The maximum absolute atomic E-state index is 13.3. The van der Waals surface area contributed by atoms with Crippen LogP contribution >= 0.6 is 0 Å². The number of hydrogen-bond acceptors (Lipinski definition) is 9. The number of hydroxylamine groups is 2. The van der Waals surface area contributed by atoms with Gasteiger partial charge >= 0.3 is 5.97 Å². The van der Waals surface area contributed by atoms with E-state index in [1.165, 1.54) is 0 Å². The summed E-state index contributed by atoms with van der Waals surface area (Å²) >= 11 is 0. The first kappa shape index (κ1) is 36.7. The summed E-state index contributed by atoms with van der Waals surface area (Å²) < 4.78 is 33.5. The van der Waals surface area contributed by atoms with Gasteiger partial charge in [0, 0.05) is 69.0 Å². The van der Waals surface area contributed by atoms with Gasteiger partial charge in [-0.05, 0) is 30.5 Å². The Morgan fingerprint density at radius 3 is 2.12 bits per heavy atom. The molecule has 4 rings (SSSR count). The minimum absolute atomic E-state index is 0.0442. The summed E-state index contributed by atoms with van der Waals surface area (Å²) in [5, 5.41) is 11.6. The first-order valence-electron chi connectivity index (χ1n) is 16.8. The van der Waals surface area contributed by atoms with Crippen LogP contribution in [0.25, 0.3) is 5.57 Å². The van der Waals surface area contributed by atoms with Gasteiger partial charge in [-0.25, -0.2) is 9.37 Å². The molecule has 0 spiro atoms. The molecule has 0 bridgehead atoms. The van der Waals surface area contributed by atoms with Gasteiger partial charge in [0.05, 0.1) is 17.2 Å². The molecule has 2 amide bonds. The molecule has 0 radical (unpaired) electrons. The summed E-state index contributed by atoms with van der Waals surface area (Å²) in [6.45, 7) is 6.65. The van der Waals surface area contributed by atoms with Gasteiger partial charge in [0.15, 0.2) is 11.5 Å². The van der Waals surface area contributed by atoms with E-state index in [0.29, 0.717) is 42.1 Å². The lowest BCUT2D eigenvalue weighted by Gasteiger charge is -2.32. The zero-order chi connectivity index (χ0) is 34.8. The van der Waals surface area contributed by atoms with E-state index in [4.69, 9.17) is 9.39 Å². The predicted molar refractivity (Wildman–Crippen MR) is 181 cm³/mol. The van der Waals surface area contributed by atoms with E-state index in [1.54, 1.807) is 0 Å². The molecule has 0 saturated carbocycles. The fourth-order valence-electron chi connectivity index (χ4n) is 6.04. The Kier molecular flexibility index (Phi) is 12.9. The van der Waals surface area contributed by atoms with E-state index < -0.39 is 33.8 Å². The van der Waals surface area contributed by atoms with Crippen molar-refractivity contribution in [2.45, 2.75) is 71.6 Å². The van der Waals surface area contributed by atoms with Crippen LogP contribution in [0, 0.1) is 11.8 Å². The van der Waals surface area contributed by atoms with Crippen molar-refractivity contribution in [3.63, 3.8) is 0 Å². The molecule has 1 saturated heterocycles. The third-order valence-electron chi connectivity index (χ3n) is 8.73. The van der Waals surface area contributed by atoms with Crippen molar-refractivity contribution in [2.24, 2.45) is 11.8 Å². The lowest BCUT2D eigenvalue weighted by Crippen LogP contribution is -2.36. The van der Waals surface area contributed by atoms with Crippen LogP contribution in [0.1, 0.15) is 77.2 Å². The minimum atomic E-state index is -4.03. The molecule has 1 heterocycles. The van der Waals surface area contributed by atoms with Crippen LogP contribution in [0.5, 0.6) is 0 Å². The molecule has 1 unspecified atom stereocenters. The molecule has 12 nitrogen and oxygen atoms in total. The molecule has 0 aromatic heterocycles. The largest absolute Gasteiger partial charge is 0.511 e. The summed E-state index contributed by atoms with van der Waals surface area (Å²) in [5.41, 5.74) is 2.71. The van der Waals surface area contributed by atoms with Crippen molar-refractivity contribution in [3.8, 4) is 0 Å². The highest BCUT2D eigenvalue weighted by Crippen LogP contribution is 2.42. The average Bonchev–Trinajstić information content (AvgIpc) is 3.36. The molecule has 1 fully saturated rings. The molecule has 1 atom stereocenters. The number of anilines is 1. The number of allylic oxidation sites excluding steroid dienone is 6. The van der Waals surface area contributed by atoms with Gasteiger partial charge in [0.25, 0.3) is 21.9 Å². The van der Waals surface area contributed by atoms with Gasteiger partial charge in [0.2, 0.25) is 0 Å². The van der Waals surface area contributed by atoms with Gasteiger partial charge < -0.3 is 14.8 Å². The number of nitrogens with zero attached hydrogens (tertiary/aromatic N) is 3. The summed E-state index contributed by atoms with van der Waals surface area (Å²) in [6, 6.07) is 7.40. The minimum Gasteiger partial charge on any atom is -0.511 e. The monoisotopic (exact) mass is 684 g/mol. The number of carbonyl (C=O) groups excluding carboxylic acids is 4. The summed E-state index contributed by atoms with van der Waals surface area (Å²) in [6.07, 6.45) is 12.2. The van der Waals surface area contributed by atoms with E-state index in [-0.39, 0.29) is 42.5 Å². The van der Waals surface area contributed by atoms with Crippen LogP contribution in [0.15, 0.2) is 54.3 Å². The highest BCUT2D eigenvalue weighted by molar-refractivity contribution is 7.85. The number of amides is 2. The molecule has 3 aliphatic rings. The number of aliphatic hydroxyl groups excluding tert-OH is 1. The molecule has 48 heavy (non-hydrogen) atoms. The second kappa shape index (κ2) is 16.8. The van der Waals surface area contributed by atoms with Crippen molar-refractivity contribution in [3.05, 3.63) is 59.9 Å². The Balaban J connectivity index is 1.38. The van der Waals surface area contributed by atoms with Gasteiger partial charge in [-0.2, -0.15) is 8.42 Å². The molecule has 2 aliphatic carbocycles. The van der Waals surface area contributed by atoms with Crippen LogP contribution in [0.3, 0.4) is 0 Å². The zero-order valence-electron chi connectivity index (χ0n) is 27.7. The summed E-state index contributed by atoms with van der Waals surface area (Å²) in [5.74, 6) is -3.04. The first-order valence-corrected chi connectivity index (χ1v) is 18.4. The highest BCUT2D eigenvalue weighted by atomic mass is 32.2. The molecular weight excluding hydrogens is 638 g/mol. The van der Waals surface area contributed by atoms with Crippen molar-refractivity contribution in [1.29, 1.82) is 0 Å². The second-order valence-corrected chi connectivity index (χ2v) is 13.9. The maximum Gasteiger partial charge on any atom is 0.333 e. The highest BCUT2D eigenvalue weighted by Gasteiger charge is 2.44. The second-order valence-electron chi connectivity index (χ2n) is 12.3. The fourth-order valence-corrected chi connectivity index (χ4v) is 6.53. The van der Waals surface area contributed by atoms with E-state index >= 15 is 0 Å². The number of benzene rings is 1. The van der Waals surface area contributed by atoms with Crippen LogP contribution < -0.4 is 4.90 Å². The number of Topliss-reactive ketones (excluding diaryl/α,β-unsaturated/α-hetero) is 1. The molecule has 2 N–H and O–H groups in total. The van der Waals surface area contributed by atoms with Crippen LogP contribution in [-0.4, -0.2) is 88.9 Å². The topological polar surface area (TPSA) is 162 Å². The summed E-state index contributed by atoms with van der Waals surface area (Å²) in [4.78, 5) is 56.1. The fraction of sp³-hybridized carbons (Fsp3) is 0.514. The van der Waals surface area contributed by atoms with E-state index in [1.807, 2.05) is 48.6 Å². The van der Waals surface area contributed by atoms with Gasteiger partial charge in [-0.1, -0.05) is 51.0 Å². The van der Waals surface area contributed by atoms with Crippen LogP contribution in [-0.2, 0) is 34.1 Å². The molecule has 13 heteroatoms. The lowest BCUT2D eigenvalue weighted by atomic mass is 9.71. The number of unbranched alkanes of at least 4 members (excludes halogenated alkanes) is 2. The van der Waals surface area contributed by atoms with Gasteiger partial charge in [-0.3, -0.25) is 18.9 Å². The quantitative estimate of drug-likeness (QED) is 0.129. The third kappa shape index (κ3) is 9.50. The molecule has 260 valence electrons. The lowest BCUT2D eigenvalue weighted by molar-refractivity contribution is -0.526. The van der Waals surface area contributed by atoms with Gasteiger partial charge in [0.1, 0.15) is 18.8 Å². The van der Waals surface area contributed by atoms with E-state index in [9.17, 15) is 32.7 Å². The summed E-state index contributed by atoms with van der Waals surface area (Å²) in [7, 11) is -4.03. The SMILES string of the molecule is CCCCN(CCCC(=O)ON1C(=O)CCC1=O)c1ccc(C2=C(O)C(C3C=CC(=[N+](CCCC)CCCS(=O)(=O)O)C=C3)C2=O)cc1. The predicted octanol–water partition coefficient (Wildman–Crippen LogP) is 4.42. The Hall–Kier alpha value is -4.10. The normalized spacial score (nSPS) is 19.3. The standard InChI is InChI=1S/C35H45N3O9S/c1-3-5-20-36(22-7-9-31(41)47-38-29(39)18-19-30(38)40)27-14-10-25(11-15-27)32-34(42)33(35(32)43)26-12-16-28(17-13-26)37(21-6-4-2)23-8-24-48(44,45)46/h10-17,26,33H,3-9,18-24H2,1-2H3,(H-,42,43,44,45,46)/p+1.